The molecular formula is C27H35N3. The van der Waals surface area contributed by atoms with Crippen LogP contribution in [0.2, 0.25) is 0 Å². The van der Waals surface area contributed by atoms with Gasteiger partial charge in [-0.2, -0.15) is 5.10 Å². The molecule has 1 aliphatic heterocycles. The molecular weight excluding hydrogens is 366 g/mol. The van der Waals surface area contributed by atoms with Gasteiger partial charge in [0, 0.05) is 12.5 Å². The SMILES string of the molecule is Cc1ccccc1C=C1CCCC2C1=NN(CCCN(C)C)C2c1ccccc1C. The monoisotopic (exact) mass is 401 g/mol. The lowest BCUT2D eigenvalue weighted by Crippen LogP contribution is -2.30. The third-order valence-electron chi connectivity index (χ3n) is 6.60. The summed E-state index contributed by atoms with van der Waals surface area (Å²) in [4.78, 5) is 2.27. The fourth-order valence-electron chi connectivity index (χ4n) is 4.99. The minimum Gasteiger partial charge on any atom is -0.309 e. The number of hydrogen-bond acceptors (Lipinski definition) is 3. The highest BCUT2D eigenvalue weighted by atomic mass is 15.5. The molecule has 0 bridgehead atoms. The summed E-state index contributed by atoms with van der Waals surface area (Å²) in [6.07, 6.45) is 7.15. The first-order valence-corrected chi connectivity index (χ1v) is 11.4. The molecule has 3 nitrogen and oxygen atoms in total. The average Bonchev–Trinajstić information content (AvgIpc) is 3.09. The van der Waals surface area contributed by atoms with E-state index in [4.69, 9.17) is 5.10 Å². The van der Waals surface area contributed by atoms with Gasteiger partial charge >= 0.3 is 0 Å². The molecule has 0 aromatic heterocycles. The molecule has 30 heavy (non-hydrogen) atoms. The first-order valence-electron chi connectivity index (χ1n) is 11.4. The van der Waals surface area contributed by atoms with Crippen LogP contribution in [0.5, 0.6) is 0 Å². The van der Waals surface area contributed by atoms with E-state index in [9.17, 15) is 0 Å². The molecule has 1 heterocycles. The maximum Gasteiger partial charge on any atom is 0.0806 e. The Bertz CT molecular complexity index is 941. The molecule has 0 amide bonds. The highest BCUT2D eigenvalue weighted by molar-refractivity contribution is 6.07. The van der Waals surface area contributed by atoms with Crippen LogP contribution >= 0.6 is 0 Å². The Morgan fingerprint density at radius 2 is 1.77 bits per heavy atom. The van der Waals surface area contributed by atoms with Crippen molar-refractivity contribution >= 4 is 11.8 Å². The van der Waals surface area contributed by atoms with Crippen LogP contribution in [-0.2, 0) is 0 Å². The topological polar surface area (TPSA) is 18.8 Å². The number of nitrogens with zero attached hydrogens (tertiary/aromatic N) is 3. The Morgan fingerprint density at radius 1 is 1.03 bits per heavy atom. The summed E-state index contributed by atoms with van der Waals surface area (Å²) in [6.45, 7) is 6.55. The van der Waals surface area contributed by atoms with Crippen LogP contribution < -0.4 is 0 Å². The predicted molar refractivity (Wildman–Crippen MR) is 128 cm³/mol. The maximum absolute atomic E-state index is 5.28. The van der Waals surface area contributed by atoms with Crippen molar-refractivity contribution in [2.45, 2.75) is 45.6 Å². The molecule has 2 aliphatic rings. The number of allylic oxidation sites excluding steroid dienone is 1. The Balaban J connectivity index is 1.69. The maximum atomic E-state index is 5.28. The van der Waals surface area contributed by atoms with Gasteiger partial charge in [0.15, 0.2) is 0 Å². The Kier molecular flexibility index (Phi) is 6.38. The number of fused-ring (bicyclic) bond motifs is 1. The molecule has 1 fully saturated rings. The second-order valence-electron chi connectivity index (χ2n) is 9.13. The lowest BCUT2D eigenvalue weighted by atomic mass is 9.77. The van der Waals surface area contributed by atoms with Crippen LogP contribution in [0.4, 0.5) is 0 Å². The predicted octanol–water partition coefficient (Wildman–Crippen LogP) is 5.85. The molecule has 2 atom stereocenters. The van der Waals surface area contributed by atoms with E-state index < -0.39 is 0 Å². The van der Waals surface area contributed by atoms with Crippen LogP contribution in [0.3, 0.4) is 0 Å². The summed E-state index contributed by atoms with van der Waals surface area (Å²) in [5, 5.41) is 7.68. The largest absolute Gasteiger partial charge is 0.309 e. The molecule has 0 saturated heterocycles. The minimum absolute atomic E-state index is 0.365. The minimum atomic E-state index is 0.365. The lowest BCUT2D eigenvalue weighted by Gasteiger charge is -2.32. The second-order valence-corrected chi connectivity index (χ2v) is 9.13. The number of rotatable bonds is 6. The third-order valence-corrected chi connectivity index (χ3v) is 6.60. The van der Waals surface area contributed by atoms with Gasteiger partial charge < -0.3 is 4.90 Å². The van der Waals surface area contributed by atoms with Gasteiger partial charge in [0.05, 0.1) is 11.8 Å². The highest BCUT2D eigenvalue weighted by Gasteiger charge is 2.41. The van der Waals surface area contributed by atoms with E-state index in [1.165, 1.54) is 46.4 Å². The van der Waals surface area contributed by atoms with Crippen molar-refractivity contribution in [3.63, 3.8) is 0 Å². The van der Waals surface area contributed by atoms with E-state index in [-0.39, 0.29) is 0 Å². The number of aryl methyl sites for hydroxylation is 2. The number of hydrogen-bond donors (Lipinski definition) is 0. The van der Waals surface area contributed by atoms with Crippen LogP contribution in [0.25, 0.3) is 6.08 Å². The molecule has 4 rings (SSSR count). The molecule has 158 valence electrons. The first kappa shape index (κ1) is 20.9. The Morgan fingerprint density at radius 3 is 2.50 bits per heavy atom. The van der Waals surface area contributed by atoms with Crippen molar-refractivity contribution in [1.29, 1.82) is 0 Å². The van der Waals surface area contributed by atoms with Gasteiger partial charge in [0.2, 0.25) is 0 Å². The molecule has 2 aromatic carbocycles. The van der Waals surface area contributed by atoms with Crippen LogP contribution in [-0.4, -0.2) is 42.8 Å². The lowest BCUT2D eigenvalue weighted by molar-refractivity contribution is 0.187. The Labute approximate surface area is 182 Å². The zero-order valence-electron chi connectivity index (χ0n) is 18.9. The molecule has 2 unspecified atom stereocenters. The summed E-state index contributed by atoms with van der Waals surface area (Å²) >= 11 is 0. The van der Waals surface area contributed by atoms with Gasteiger partial charge in [0.25, 0.3) is 0 Å². The molecule has 1 aliphatic carbocycles. The summed E-state index contributed by atoms with van der Waals surface area (Å²) < 4.78 is 0. The summed E-state index contributed by atoms with van der Waals surface area (Å²) in [6, 6.07) is 18.0. The van der Waals surface area contributed by atoms with E-state index in [1.807, 2.05) is 0 Å². The fraction of sp³-hybridized carbons (Fsp3) is 0.444. The molecule has 3 heteroatoms. The fourth-order valence-corrected chi connectivity index (χ4v) is 4.99. The summed E-state index contributed by atoms with van der Waals surface area (Å²) in [5.41, 5.74) is 8.27. The molecule has 2 aromatic rings. The van der Waals surface area contributed by atoms with Crippen molar-refractivity contribution in [3.8, 4) is 0 Å². The quantitative estimate of drug-likeness (QED) is 0.604. The van der Waals surface area contributed by atoms with E-state index in [1.54, 1.807) is 0 Å². The van der Waals surface area contributed by atoms with Gasteiger partial charge in [-0.1, -0.05) is 48.5 Å². The molecule has 0 radical (unpaired) electrons. The van der Waals surface area contributed by atoms with Crippen LogP contribution in [0.15, 0.2) is 59.2 Å². The first-order chi connectivity index (χ1) is 14.5. The normalized spacial score (nSPS) is 22.5. The Hall–Kier alpha value is -2.39. The van der Waals surface area contributed by atoms with Crippen molar-refractivity contribution in [2.24, 2.45) is 11.0 Å². The van der Waals surface area contributed by atoms with E-state index in [0.717, 1.165) is 25.9 Å². The van der Waals surface area contributed by atoms with Gasteiger partial charge in [-0.15, -0.1) is 0 Å². The second kappa shape index (κ2) is 9.18. The summed E-state index contributed by atoms with van der Waals surface area (Å²) in [5.74, 6) is 0.495. The number of hydrazone groups is 1. The van der Waals surface area contributed by atoms with Gasteiger partial charge in [0.1, 0.15) is 0 Å². The zero-order chi connectivity index (χ0) is 21.1. The van der Waals surface area contributed by atoms with Gasteiger partial charge in [-0.3, -0.25) is 5.01 Å². The van der Waals surface area contributed by atoms with Crippen molar-refractivity contribution in [3.05, 3.63) is 76.4 Å². The van der Waals surface area contributed by atoms with Crippen molar-refractivity contribution in [1.82, 2.24) is 9.91 Å². The van der Waals surface area contributed by atoms with Crippen molar-refractivity contribution in [2.75, 3.05) is 27.2 Å². The molecule has 1 saturated carbocycles. The van der Waals surface area contributed by atoms with Crippen LogP contribution in [0.1, 0.15) is 54.0 Å². The van der Waals surface area contributed by atoms with Gasteiger partial charge in [-0.05, 0) is 94.1 Å². The van der Waals surface area contributed by atoms with Gasteiger partial charge in [-0.25, -0.2) is 0 Å². The summed E-state index contributed by atoms with van der Waals surface area (Å²) in [7, 11) is 4.30. The smallest absolute Gasteiger partial charge is 0.0806 e. The number of benzene rings is 2. The van der Waals surface area contributed by atoms with Crippen LogP contribution in [0, 0.1) is 19.8 Å². The standard InChI is InChI=1S/C27H35N3/c1-20-11-5-7-13-22(20)19-23-14-9-16-25-26(23)28-30(18-10-17-29(3)4)27(25)24-15-8-6-12-21(24)2/h5-8,11-13,15,19,25,27H,9-10,14,16-18H2,1-4H3. The van der Waals surface area contributed by atoms with E-state index in [0.29, 0.717) is 12.0 Å². The molecule has 0 N–H and O–H groups in total. The van der Waals surface area contributed by atoms with E-state index >= 15 is 0 Å². The molecule has 0 spiro atoms. The average molecular weight is 402 g/mol. The third kappa shape index (κ3) is 4.37. The van der Waals surface area contributed by atoms with E-state index in [2.05, 4.69) is 92.5 Å². The zero-order valence-corrected chi connectivity index (χ0v) is 18.9. The van der Waals surface area contributed by atoms with Crippen molar-refractivity contribution < 1.29 is 0 Å². The highest BCUT2D eigenvalue weighted by Crippen LogP contribution is 2.45.